The lowest BCUT2D eigenvalue weighted by atomic mass is 10.1. The van der Waals surface area contributed by atoms with Crippen molar-refractivity contribution >= 4 is 28.6 Å². The van der Waals surface area contributed by atoms with E-state index in [-0.39, 0.29) is 12.1 Å². The van der Waals surface area contributed by atoms with Crippen LogP contribution in [0.3, 0.4) is 0 Å². The number of amides is 1. The third-order valence-corrected chi connectivity index (χ3v) is 4.49. The van der Waals surface area contributed by atoms with E-state index in [0.717, 1.165) is 5.56 Å². The van der Waals surface area contributed by atoms with Gasteiger partial charge in [0, 0.05) is 18.0 Å². The zero-order valence-corrected chi connectivity index (χ0v) is 17.7. The van der Waals surface area contributed by atoms with Crippen LogP contribution in [0.15, 0.2) is 47.3 Å². The highest BCUT2D eigenvalue weighted by molar-refractivity contribution is 6.30. The monoisotopic (exact) mass is 413 g/mol. The van der Waals surface area contributed by atoms with Crippen LogP contribution >= 0.6 is 11.6 Å². The van der Waals surface area contributed by atoms with Crippen LogP contribution in [0.1, 0.15) is 32.2 Å². The van der Waals surface area contributed by atoms with Crippen molar-refractivity contribution in [3.8, 4) is 5.69 Å². The lowest BCUT2D eigenvalue weighted by Crippen LogP contribution is -2.34. The van der Waals surface area contributed by atoms with Crippen LogP contribution in [0.25, 0.3) is 16.6 Å². The van der Waals surface area contributed by atoms with Crippen molar-refractivity contribution in [1.82, 2.24) is 14.9 Å². The number of fused-ring (bicyclic) bond motifs is 1. The van der Waals surface area contributed by atoms with E-state index in [1.807, 2.05) is 19.1 Å². The van der Waals surface area contributed by atoms with Crippen LogP contribution in [-0.2, 0) is 11.2 Å². The number of benzene rings is 2. The molecule has 0 radical (unpaired) electrons. The predicted molar refractivity (Wildman–Crippen MR) is 115 cm³/mol. The summed E-state index contributed by atoms with van der Waals surface area (Å²) in [6.45, 7) is 7.60. The molecule has 3 aromatic rings. The van der Waals surface area contributed by atoms with Gasteiger partial charge in [-0.15, -0.1) is 0 Å². The number of rotatable bonds is 4. The second-order valence-electron chi connectivity index (χ2n) is 7.80. The smallest absolute Gasteiger partial charge is 0.407 e. The van der Waals surface area contributed by atoms with E-state index in [9.17, 15) is 9.59 Å². The van der Waals surface area contributed by atoms with Crippen LogP contribution < -0.4 is 10.9 Å². The first-order chi connectivity index (χ1) is 13.7. The Bertz CT molecular complexity index is 1120. The largest absolute Gasteiger partial charge is 0.444 e. The lowest BCUT2D eigenvalue weighted by Gasteiger charge is -2.20. The molecule has 1 heterocycles. The molecular weight excluding hydrogens is 390 g/mol. The molecule has 0 aliphatic rings. The molecule has 7 heteroatoms. The number of carbonyl (C=O) groups is 1. The molecule has 0 saturated carbocycles. The number of nitrogens with zero attached hydrogens (tertiary/aromatic N) is 2. The lowest BCUT2D eigenvalue weighted by molar-refractivity contribution is 0.0528. The SMILES string of the molecule is Cc1cccc2c(=O)n(-c3cccc(Cl)c3)c(CCNC(=O)OC(C)(C)C)nc12. The summed E-state index contributed by atoms with van der Waals surface area (Å²) in [5.74, 6) is 0.537. The Morgan fingerprint density at radius 1 is 1.21 bits per heavy atom. The van der Waals surface area contributed by atoms with Crippen molar-refractivity contribution in [2.75, 3.05) is 6.54 Å². The van der Waals surface area contributed by atoms with Crippen LogP contribution in [-0.4, -0.2) is 27.8 Å². The van der Waals surface area contributed by atoms with E-state index in [4.69, 9.17) is 21.3 Å². The minimum absolute atomic E-state index is 0.173. The van der Waals surface area contributed by atoms with Gasteiger partial charge in [-0.1, -0.05) is 29.8 Å². The van der Waals surface area contributed by atoms with Crippen molar-refractivity contribution in [2.45, 2.75) is 39.7 Å². The number of alkyl carbamates (subject to hydrolysis) is 1. The summed E-state index contributed by atoms with van der Waals surface area (Å²) in [7, 11) is 0. The first kappa shape index (κ1) is 20.9. The molecule has 29 heavy (non-hydrogen) atoms. The molecule has 6 nitrogen and oxygen atoms in total. The number of hydrogen-bond donors (Lipinski definition) is 1. The van der Waals surface area contributed by atoms with Gasteiger partial charge >= 0.3 is 6.09 Å². The molecule has 0 unspecified atom stereocenters. The van der Waals surface area contributed by atoms with Gasteiger partial charge in [-0.3, -0.25) is 9.36 Å². The van der Waals surface area contributed by atoms with Gasteiger partial charge in [0.15, 0.2) is 0 Å². The third kappa shape index (κ3) is 4.95. The van der Waals surface area contributed by atoms with Gasteiger partial charge in [0.05, 0.1) is 16.6 Å². The van der Waals surface area contributed by atoms with Gasteiger partial charge in [-0.2, -0.15) is 0 Å². The van der Waals surface area contributed by atoms with Crippen molar-refractivity contribution in [2.24, 2.45) is 0 Å². The number of nitrogens with one attached hydrogen (secondary N) is 1. The van der Waals surface area contributed by atoms with Gasteiger partial charge in [-0.25, -0.2) is 9.78 Å². The van der Waals surface area contributed by atoms with Crippen molar-refractivity contribution in [1.29, 1.82) is 0 Å². The highest BCUT2D eigenvalue weighted by Crippen LogP contribution is 2.19. The minimum Gasteiger partial charge on any atom is -0.444 e. The van der Waals surface area contributed by atoms with Gasteiger partial charge in [0.2, 0.25) is 0 Å². The van der Waals surface area contributed by atoms with E-state index in [1.165, 1.54) is 0 Å². The van der Waals surface area contributed by atoms with Gasteiger partial charge in [0.25, 0.3) is 5.56 Å². The van der Waals surface area contributed by atoms with Crippen molar-refractivity contribution in [3.05, 3.63) is 69.2 Å². The second kappa shape index (κ2) is 8.25. The summed E-state index contributed by atoms with van der Waals surface area (Å²) in [4.78, 5) is 29.9. The minimum atomic E-state index is -0.578. The molecule has 1 amide bonds. The molecular formula is C22H24ClN3O3. The summed E-state index contributed by atoms with van der Waals surface area (Å²) in [6, 6.07) is 12.6. The maximum atomic E-state index is 13.3. The first-order valence-electron chi connectivity index (χ1n) is 9.40. The van der Waals surface area contributed by atoms with Crippen molar-refractivity contribution in [3.63, 3.8) is 0 Å². The number of carbonyl (C=O) groups excluding carboxylic acids is 1. The van der Waals surface area contributed by atoms with Crippen LogP contribution in [0.4, 0.5) is 4.79 Å². The predicted octanol–water partition coefficient (Wildman–Crippen LogP) is 4.41. The fourth-order valence-electron chi connectivity index (χ4n) is 3.04. The molecule has 0 fully saturated rings. The summed E-state index contributed by atoms with van der Waals surface area (Å²) < 4.78 is 6.81. The summed E-state index contributed by atoms with van der Waals surface area (Å²) >= 11 is 6.14. The van der Waals surface area contributed by atoms with Crippen LogP contribution in [0, 0.1) is 6.92 Å². The zero-order valence-electron chi connectivity index (χ0n) is 17.0. The van der Waals surface area contributed by atoms with Crippen LogP contribution in [0.2, 0.25) is 5.02 Å². The quantitative estimate of drug-likeness (QED) is 0.687. The van der Waals surface area contributed by atoms with Crippen molar-refractivity contribution < 1.29 is 9.53 Å². The van der Waals surface area contributed by atoms with Crippen LogP contribution in [0.5, 0.6) is 0 Å². The number of hydrogen-bond acceptors (Lipinski definition) is 4. The fraction of sp³-hybridized carbons (Fsp3) is 0.318. The Morgan fingerprint density at radius 2 is 1.93 bits per heavy atom. The third-order valence-electron chi connectivity index (χ3n) is 4.25. The molecule has 0 atom stereocenters. The highest BCUT2D eigenvalue weighted by Gasteiger charge is 2.17. The van der Waals surface area contributed by atoms with E-state index in [2.05, 4.69) is 5.32 Å². The molecule has 152 valence electrons. The number of para-hydroxylation sites is 1. The van der Waals surface area contributed by atoms with Gasteiger partial charge < -0.3 is 10.1 Å². The molecule has 1 N–H and O–H groups in total. The summed E-state index contributed by atoms with van der Waals surface area (Å²) in [5, 5.41) is 3.78. The number of aryl methyl sites for hydroxylation is 1. The van der Waals surface area contributed by atoms with Gasteiger partial charge in [-0.05, 0) is 57.5 Å². The molecule has 0 aliphatic heterocycles. The number of halogens is 1. The Kier molecular flexibility index (Phi) is 5.94. The summed E-state index contributed by atoms with van der Waals surface area (Å²) in [5.41, 5.74) is 1.45. The molecule has 3 rings (SSSR count). The Labute approximate surface area is 174 Å². The van der Waals surface area contributed by atoms with E-state index < -0.39 is 11.7 Å². The maximum absolute atomic E-state index is 13.3. The number of aromatic nitrogens is 2. The molecule has 2 aromatic carbocycles. The average Bonchev–Trinajstić information content (AvgIpc) is 2.61. The number of ether oxygens (including phenoxy) is 1. The highest BCUT2D eigenvalue weighted by atomic mass is 35.5. The Balaban J connectivity index is 2.00. The Hall–Kier alpha value is -2.86. The molecule has 0 bridgehead atoms. The maximum Gasteiger partial charge on any atom is 0.407 e. The summed E-state index contributed by atoms with van der Waals surface area (Å²) in [6.07, 6.45) is -0.156. The van der Waals surface area contributed by atoms with E-state index >= 15 is 0 Å². The zero-order chi connectivity index (χ0) is 21.2. The Morgan fingerprint density at radius 3 is 2.62 bits per heavy atom. The molecule has 1 aromatic heterocycles. The van der Waals surface area contributed by atoms with Gasteiger partial charge in [0.1, 0.15) is 11.4 Å². The first-order valence-corrected chi connectivity index (χ1v) is 9.77. The normalized spacial score (nSPS) is 11.5. The van der Waals surface area contributed by atoms with E-state index in [0.29, 0.717) is 33.9 Å². The molecule has 0 saturated heterocycles. The average molecular weight is 414 g/mol. The molecule has 0 spiro atoms. The van der Waals surface area contributed by atoms with E-state index in [1.54, 1.807) is 55.7 Å². The molecule has 0 aliphatic carbocycles. The standard InChI is InChI=1S/C22H24ClN3O3/c1-14-7-5-10-17-19(14)25-18(11-12-24-21(28)29-22(2,3)4)26(20(17)27)16-9-6-8-15(23)13-16/h5-10,13H,11-12H2,1-4H3,(H,24,28). The topological polar surface area (TPSA) is 73.2 Å². The second-order valence-corrected chi connectivity index (χ2v) is 8.23. The fourth-order valence-corrected chi connectivity index (χ4v) is 3.22.